The van der Waals surface area contributed by atoms with E-state index in [1.54, 1.807) is 0 Å². The number of rotatable bonds is 7. The molecule has 0 atom stereocenters. The van der Waals surface area contributed by atoms with Gasteiger partial charge in [-0.25, -0.2) is 0 Å². The third-order valence-electron chi connectivity index (χ3n) is 7.95. The van der Waals surface area contributed by atoms with Crippen molar-refractivity contribution in [3.63, 3.8) is 0 Å². The maximum atomic E-state index is 13.3. The van der Waals surface area contributed by atoms with Crippen molar-refractivity contribution >= 4 is 22.5 Å². The number of aromatic amines is 1. The van der Waals surface area contributed by atoms with E-state index < -0.39 is 0 Å². The molecule has 202 valence electrons. The minimum absolute atomic E-state index is 0.213. The Bertz CT molecular complexity index is 1430. The first-order valence-electron chi connectivity index (χ1n) is 14.1. The van der Waals surface area contributed by atoms with Crippen LogP contribution in [0.15, 0.2) is 60.9 Å². The van der Waals surface area contributed by atoms with E-state index in [1.165, 1.54) is 30.4 Å². The minimum Gasteiger partial charge on any atom is -0.321 e. The van der Waals surface area contributed by atoms with Crippen LogP contribution in [0.4, 0.5) is 5.69 Å². The third-order valence-corrected chi connectivity index (χ3v) is 7.95. The topological polar surface area (TPSA) is 80.4 Å². The smallest absolute Gasteiger partial charge is 0.276 e. The summed E-state index contributed by atoms with van der Waals surface area (Å²) in [5, 5.41) is 11.3. The van der Waals surface area contributed by atoms with E-state index in [4.69, 9.17) is 0 Å². The van der Waals surface area contributed by atoms with Crippen molar-refractivity contribution in [2.24, 2.45) is 0 Å². The summed E-state index contributed by atoms with van der Waals surface area (Å²) in [6.07, 6.45) is 7.70. The Kier molecular flexibility index (Phi) is 7.67. The van der Waals surface area contributed by atoms with Gasteiger partial charge in [0.25, 0.3) is 5.91 Å². The summed E-state index contributed by atoms with van der Waals surface area (Å²) in [6, 6.07) is 16.4. The number of hydrogen-bond donors (Lipinski definition) is 2. The van der Waals surface area contributed by atoms with E-state index in [0.717, 1.165) is 80.1 Å². The molecular formula is C31H37N7O. The van der Waals surface area contributed by atoms with Gasteiger partial charge in [0.2, 0.25) is 0 Å². The third kappa shape index (κ3) is 6.19. The lowest BCUT2D eigenvalue weighted by Crippen LogP contribution is -2.43. The number of H-pyrrole nitrogens is 1. The molecule has 2 saturated heterocycles. The molecule has 2 N–H and O–H groups in total. The fraction of sp³-hybridized carbons (Fsp3) is 0.387. The van der Waals surface area contributed by atoms with Gasteiger partial charge in [0.1, 0.15) is 0 Å². The number of carbonyl (C=O) groups is 1. The van der Waals surface area contributed by atoms with Crippen molar-refractivity contribution in [1.29, 1.82) is 0 Å². The van der Waals surface area contributed by atoms with Crippen LogP contribution in [0, 0.1) is 0 Å². The van der Waals surface area contributed by atoms with Crippen LogP contribution >= 0.6 is 0 Å². The second-order valence-electron chi connectivity index (χ2n) is 11.0. The summed E-state index contributed by atoms with van der Waals surface area (Å²) in [5.74, 6) is -0.213. The number of likely N-dealkylation sites (tertiary alicyclic amines) is 1. The molecule has 8 heteroatoms. The molecule has 39 heavy (non-hydrogen) atoms. The molecule has 2 fully saturated rings. The number of piperazine rings is 1. The van der Waals surface area contributed by atoms with Gasteiger partial charge in [0, 0.05) is 68.3 Å². The van der Waals surface area contributed by atoms with Crippen LogP contribution < -0.4 is 5.32 Å². The van der Waals surface area contributed by atoms with Gasteiger partial charge in [0.15, 0.2) is 5.69 Å². The molecule has 1 amide bonds. The first-order chi connectivity index (χ1) is 19.1. The van der Waals surface area contributed by atoms with E-state index >= 15 is 0 Å². The molecule has 2 aliphatic rings. The Balaban J connectivity index is 1.18. The Morgan fingerprint density at radius 3 is 2.49 bits per heavy atom. The van der Waals surface area contributed by atoms with Crippen LogP contribution in [0.5, 0.6) is 0 Å². The number of hydrogen-bond acceptors (Lipinski definition) is 6. The Hall–Kier alpha value is -3.59. The van der Waals surface area contributed by atoms with Crippen molar-refractivity contribution in [3.8, 4) is 11.1 Å². The summed E-state index contributed by atoms with van der Waals surface area (Å²) in [6.45, 7) is 8.44. The second-order valence-corrected chi connectivity index (χ2v) is 11.0. The van der Waals surface area contributed by atoms with E-state index in [2.05, 4.69) is 66.5 Å². The van der Waals surface area contributed by atoms with Crippen molar-refractivity contribution < 1.29 is 4.79 Å². The molecule has 8 nitrogen and oxygen atoms in total. The summed E-state index contributed by atoms with van der Waals surface area (Å²) in [5.41, 5.74) is 6.51. The average Bonchev–Trinajstić information content (AvgIpc) is 3.39. The Morgan fingerprint density at radius 2 is 1.64 bits per heavy atom. The highest BCUT2D eigenvalue weighted by atomic mass is 16.1. The highest BCUT2D eigenvalue weighted by molar-refractivity contribution is 6.11. The molecule has 0 saturated carbocycles. The zero-order chi connectivity index (χ0) is 26.6. The van der Waals surface area contributed by atoms with Crippen LogP contribution in [-0.2, 0) is 13.1 Å². The number of amides is 1. The van der Waals surface area contributed by atoms with E-state index in [-0.39, 0.29) is 5.91 Å². The molecule has 0 unspecified atom stereocenters. The zero-order valence-corrected chi connectivity index (χ0v) is 22.7. The molecule has 6 rings (SSSR count). The van der Waals surface area contributed by atoms with E-state index in [1.807, 2.05) is 36.7 Å². The Labute approximate surface area is 230 Å². The maximum Gasteiger partial charge on any atom is 0.276 e. The molecule has 2 aromatic heterocycles. The van der Waals surface area contributed by atoms with Gasteiger partial charge in [0.05, 0.1) is 5.52 Å². The predicted molar refractivity (Wildman–Crippen MR) is 156 cm³/mol. The zero-order valence-electron chi connectivity index (χ0n) is 22.7. The van der Waals surface area contributed by atoms with Crippen molar-refractivity contribution in [3.05, 3.63) is 77.7 Å². The van der Waals surface area contributed by atoms with Crippen LogP contribution in [0.3, 0.4) is 0 Å². The van der Waals surface area contributed by atoms with Crippen molar-refractivity contribution in [1.82, 2.24) is 29.9 Å². The molecule has 4 heterocycles. The average molecular weight is 524 g/mol. The predicted octanol–water partition coefficient (Wildman–Crippen LogP) is 4.61. The molecule has 0 bridgehead atoms. The van der Waals surface area contributed by atoms with E-state index in [0.29, 0.717) is 5.69 Å². The SMILES string of the molecule is CN1CCN(Cc2cncc(-c3ccc4[nH]nc(C(=O)Nc5cccc(CN6CCCCC6)c5)c4c3)c2)CC1. The van der Waals surface area contributed by atoms with Crippen LogP contribution in [-0.4, -0.2) is 82.1 Å². The summed E-state index contributed by atoms with van der Waals surface area (Å²) >= 11 is 0. The lowest BCUT2D eigenvalue weighted by Gasteiger charge is -2.32. The molecule has 4 aromatic rings. The first-order valence-corrected chi connectivity index (χ1v) is 14.1. The van der Waals surface area contributed by atoms with E-state index in [9.17, 15) is 4.79 Å². The van der Waals surface area contributed by atoms with Gasteiger partial charge in [-0.3, -0.25) is 24.7 Å². The number of anilines is 1. The maximum absolute atomic E-state index is 13.3. The number of likely N-dealkylation sites (N-methyl/N-ethyl adjacent to an activating group) is 1. The second kappa shape index (κ2) is 11.7. The lowest BCUT2D eigenvalue weighted by atomic mass is 10.0. The van der Waals surface area contributed by atoms with Gasteiger partial charge >= 0.3 is 0 Å². The highest BCUT2D eigenvalue weighted by Crippen LogP contribution is 2.27. The molecular weight excluding hydrogens is 486 g/mol. The van der Waals surface area contributed by atoms with Gasteiger partial charge in [-0.2, -0.15) is 5.10 Å². The number of carbonyl (C=O) groups excluding carboxylic acids is 1. The van der Waals surface area contributed by atoms with Crippen LogP contribution in [0.2, 0.25) is 0 Å². The van der Waals surface area contributed by atoms with Crippen LogP contribution in [0.1, 0.15) is 40.9 Å². The molecule has 0 spiro atoms. The number of nitrogens with zero attached hydrogens (tertiary/aromatic N) is 5. The van der Waals surface area contributed by atoms with Gasteiger partial charge < -0.3 is 10.2 Å². The number of fused-ring (bicyclic) bond motifs is 1. The van der Waals surface area contributed by atoms with Crippen LogP contribution in [0.25, 0.3) is 22.0 Å². The molecule has 2 aliphatic heterocycles. The van der Waals surface area contributed by atoms with Crippen molar-refractivity contribution in [2.45, 2.75) is 32.4 Å². The van der Waals surface area contributed by atoms with Gasteiger partial charge in [-0.15, -0.1) is 0 Å². The molecule has 0 radical (unpaired) electrons. The number of piperidine rings is 1. The number of nitrogens with one attached hydrogen (secondary N) is 2. The minimum atomic E-state index is -0.213. The lowest BCUT2D eigenvalue weighted by molar-refractivity contribution is 0.102. The quantitative estimate of drug-likeness (QED) is 0.368. The number of benzene rings is 2. The molecule has 2 aromatic carbocycles. The fourth-order valence-corrected chi connectivity index (χ4v) is 5.68. The number of aromatic nitrogens is 3. The number of pyridine rings is 1. The largest absolute Gasteiger partial charge is 0.321 e. The first kappa shape index (κ1) is 25.7. The normalized spacial score (nSPS) is 17.5. The summed E-state index contributed by atoms with van der Waals surface area (Å²) in [7, 11) is 2.17. The molecule has 0 aliphatic carbocycles. The van der Waals surface area contributed by atoms with Gasteiger partial charge in [-0.05, 0) is 80.0 Å². The van der Waals surface area contributed by atoms with Crippen molar-refractivity contribution in [2.75, 3.05) is 51.6 Å². The summed E-state index contributed by atoms with van der Waals surface area (Å²) < 4.78 is 0. The fourth-order valence-electron chi connectivity index (χ4n) is 5.68. The Morgan fingerprint density at radius 1 is 0.846 bits per heavy atom. The summed E-state index contributed by atoms with van der Waals surface area (Å²) in [4.78, 5) is 25.2. The monoisotopic (exact) mass is 523 g/mol. The standard InChI is InChI=1S/C31H37N7O/c1-36-12-14-38(15-13-36)22-24-16-26(20-32-19-24)25-8-9-29-28(18-25)30(35-34-29)31(39)33-27-7-5-6-23(17-27)21-37-10-3-2-4-11-37/h5-9,16-20H,2-4,10-15,21-22H2,1H3,(H,33,39)(H,34,35). The van der Waals surface area contributed by atoms with Gasteiger partial charge in [-0.1, -0.05) is 24.6 Å². The highest BCUT2D eigenvalue weighted by Gasteiger charge is 2.17.